The Labute approximate surface area is 154 Å². The minimum absolute atomic E-state index is 0.143. The second-order valence-electron chi connectivity index (χ2n) is 6.00. The summed E-state index contributed by atoms with van der Waals surface area (Å²) < 4.78 is 5.09. The lowest BCUT2D eigenvalue weighted by atomic mass is 10.0. The van der Waals surface area contributed by atoms with Crippen LogP contribution in [-0.2, 0) is 9.53 Å². The molecule has 1 atom stereocenters. The van der Waals surface area contributed by atoms with Gasteiger partial charge in [-0.3, -0.25) is 24.5 Å². The number of amides is 1. The molecule has 2 N–H and O–H groups in total. The molecule has 9 nitrogen and oxygen atoms in total. The summed E-state index contributed by atoms with van der Waals surface area (Å²) >= 11 is 0. The molecule has 1 aromatic heterocycles. The first-order valence-corrected chi connectivity index (χ1v) is 8.21. The van der Waals surface area contributed by atoms with Gasteiger partial charge in [-0.2, -0.15) is 0 Å². The number of hydrogen-bond donors (Lipinski definition) is 2. The quantitative estimate of drug-likeness (QED) is 0.434. The fraction of sp³-hybridized carbons (Fsp3) is 0.278. The number of para-hydroxylation sites is 1. The van der Waals surface area contributed by atoms with Crippen LogP contribution in [0.3, 0.4) is 0 Å². The number of ether oxygens (including phenoxy) is 1. The van der Waals surface area contributed by atoms with Crippen molar-refractivity contribution < 1.29 is 19.2 Å². The summed E-state index contributed by atoms with van der Waals surface area (Å²) in [6, 6.07) is 7.52. The van der Waals surface area contributed by atoms with Crippen LogP contribution in [0.5, 0.6) is 0 Å². The summed E-state index contributed by atoms with van der Waals surface area (Å²) in [5.41, 5.74) is -0.884. The molecule has 2 aromatic rings. The first-order valence-electron chi connectivity index (χ1n) is 8.21. The fourth-order valence-electron chi connectivity index (χ4n) is 2.50. The zero-order valence-electron chi connectivity index (χ0n) is 14.8. The third-order valence-corrected chi connectivity index (χ3v) is 3.61. The van der Waals surface area contributed by atoms with Gasteiger partial charge in [0, 0.05) is 12.3 Å². The third kappa shape index (κ3) is 5.24. The second-order valence-corrected chi connectivity index (χ2v) is 6.00. The average Bonchev–Trinajstić information content (AvgIpc) is 2.60. The van der Waals surface area contributed by atoms with Gasteiger partial charge in [0.1, 0.15) is 5.56 Å². The largest absolute Gasteiger partial charge is 0.463 e. The number of H-pyrrole nitrogens is 1. The number of rotatable bonds is 7. The molecule has 0 saturated carbocycles. The van der Waals surface area contributed by atoms with Crippen molar-refractivity contribution in [2.75, 3.05) is 0 Å². The molecule has 0 fully saturated rings. The van der Waals surface area contributed by atoms with Gasteiger partial charge >= 0.3 is 5.97 Å². The summed E-state index contributed by atoms with van der Waals surface area (Å²) in [4.78, 5) is 49.5. The normalized spacial score (nSPS) is 11.7. The van der Waals surface area contributed by atoms with E-state index in [-0.39, 0.29) is 29.3 Å². The maximum absolute atomic E-state index is 12.5. The molecule has 0 spiro atoms. The number of pyridine rings is 1. The molecule has 0 aliphatic carbocycles. The predicted octanol–water partition coefficient (Wildman–Crippen LogP) is 2.10. The lowest BCUT2D eigenvalue weighted by Gasteiger charge is -2.19. The predicted molar refractivity (Wildman–Crippen MR) is 96.2 cm³/mol. The number of esters is 1. The highest BCUT2D eigenvalue weighted by Gasteiger charge is 2.27. The van der Waals surface area contributed by atoms with Crippen LogP contribution in [0, 0.1) is 10.1 Å². The van der Waals surface area contributed by atoms with Crippen molar-refractivity contribution in [3.8, 4) is 0 Å². The number of aromatic amines is 1. The number of nitrogens with zero attached hydrogens (tertiary/aromatic N) is 1. The lowest BCUT2D eigenvalue weighted by molar-refractivity contribution is -0.385. The molecule has 1 heterocycles. The van der Waals surface area contributed by atoms with E-state index in [0.717, 1.165) is 0 Å². The number of carbonyl (C=O) groups excluding carboxylic acids is 2. The van der Waals surface area contributed by atoms with Crippen LogP contribution in [-0.4, -0.2) is 27.9 Å². The average molecular weight is 373 g/mol. The Bertz CT molecular complexity index is 906. The first kappa shape index (κ1) is 19.8. The Hall–Kier alpha value is -3.49. The highest BCUT2D eigenvalue weighted by Crippen LogP contribution is 2.27. The zero-order chi connectivity index (χ0) is 20.0. The number of nitro benzene ring substituents is 1. The van der Waals surface area contributed by atoms with E-state index in [0.29, 0.717) is 0 Å². The maximum Gasteiger partial charge on any atom is 0.308 e. The molecule has 2 rings (SSSR count). The van der Waals surface area contributed by atoms with E-state index in [1.165, 1.54) is 36.5 Å². The minimum Gasteiger partial charge on any atom is -0.463 e. The standard InChI is InChI=1S/C18H19N3O6/c1-11(2)27-16(22)10-14(12-6-3-4-8-15(12)21(25)26)20-18(24)13-7-5-9-19-17(13)23/h3-9,11,14H,10H2,1-2H3,(H,19,23)(H,20,24)/t14-/m1/s1. The summed E-state index contributed by atoms with van der Waals surface area (Å²) in [6.07, 6.45) is 0.676. The van der Waals surface area contributed by atoms with E-state index >= 15 is 0 Å². The van der Waals surface area contributed by atoms with Crippen molar-refractivity contribution in [2.24, 2.45) is 0 Å². The molecular weight excluding hydrogens is 354 g/mol. The molecule has 0 aliphatic rings. The van der Waals surface area contributed by atoms with Crippen molar-refractivity contribution in [3.63, 3.8) is 0 Å². The van der Waals surface area contributed by atoms with Crippen molar-refractivity contribution in [1.29, 1.82) is 0 Å². The second kappa shape index (κ2) is 8.75. The van der Waals surface area contributed by atoms with E-state index in [1.54, 1.807) is 19.9 Å². The van der Waals surface area contributed by atoms with Gasteiger partial charge in [0.25, 0.3) is 17.2 Å². The number of nitro groups is 1. The lowest BCUT2D eigenvalue weighted by Crippen LogP contribution is -2.34. The summed E-state index contributed by atoms with van der Waals surface area (Å²) in [7, 11) is 0. The van der Waals surface area contributed by atoms with E-state index in [1.807, 2.05) is 0 Å². The smallest absolute Gasteiger partial charge is 0.308 e. The SMILES string of the molecule is CC(C)OC(=O)C[C@@H](NC(=O)c1ccc[nH]c1=O)c1ccccc1[N+](=O)[O-]. The van der Waals surface area contributed by atoms with Crippen LogP contribution < -0.4 is 10.9 Å². The van der Waals surface area contributed by atoms with Crippen LogP contribution in [0.4, 0.5) is 5.69 Å². The molecule has 0 saturated heterocycles. The van der Waals surface area contributed by atoms with Crippen LogP contribution in [0.15, 0.2) is 47.4 Å². The number of carbonyl (C=O) groups is 2. The molecule has 27 heavy (non-hydrogen) atoms. The molecule has 0 radical (unpaired) electrons. The van der Waals surface area contributed by atoms with E-state index in [9.17, 15) is 24.5 Å². The van der Waals surface area contributed by atoms with Gasteiger partial charge in [-0.25, -0.2) is 0 Å². The van der Waals surface area contributed by atoms with Crippen LogP contribution in [0.1, 0.15) is 42.2 Å². The van der Waals surface area contributed by atoms with Crippen LogP contribution in [0.25, 0.3) is 0 Å². The Morgan fingerprint density at radius 2 is 1.93 bits per heavy atom. The summed E-state index contributed by atoms with van der Waals surface area (Å²) in [5, 5.41) is 13.8. The van der Waals surface area contributed by atoms with Crippen LogP contribution in [0.2, 0.25) is 0 Å². The molecule has 1 amide bonds. The topological polar surface area (TPSA) is 131 Å². The monoisotopic (exact) mass is 373 g/mol. The molecule has 9 heteroatoms. The van der Waals surface area contributed by atoms with Crippen molar-refractivity contribution in [3.05, 3.63) is 74.2 Å². The van der Waals surface area contributed by atoms with Crippen LogP contribution >= 0.6 is 0 Å². The first-order chi connectivity index (χ1) is 12.8. The molecule has 0 aliphatic heterocycles. The molecule has 0 bridgehead atoms. The summed E-state index contributed by atoms with van der Waals surface area (Å²) in [5.74, 6) is -1.38. The number of aromatic nitrogens is 1. The van der Waals surface area contributed by atoms with Gasteiger partial charge in [-0.1, -0.05) is 18.2 Å². The van der Waals surface area contributed by atoms with Gasteiger partial charge in [-0.05, 0) is 26.0 Å². The molecule has 142 valence electrons. The Balaban J connectivity index is 2.37. The van der Waals surface area contributed by atoms with Gasteiger partial charge in [-0.15, -0.1) is 0 Å². The zero-order valence-corrected chi connectivity index (χ0v) is 14.8. The number of benzene rings is 1. The van der Waals surface area contributed by atoms with Crippen molar-refractivity contribution in [2.45, 2.75) is 32.4 Å². The van der Waals surface area contributed by atoms with Gasteiger partial charge < -0.3 is 15.0 Å². The highest BCUT2D eigenvalue weighted by molar-refractivity contribution is 5.94. The molecular formula is C18H19N3O6. The van der Waals surface area contributed by atoms with E-state index in [2.05, 4.69) is 10.3 Å². The van der Waals surface area contributed by atoms with Crippen molar-refractivity contribution in [1.82, 2.24) is 10.3 Å². The molecule has 0 unspecified atom stereocenters. The Morgan fingerprint density at radius 1 is 1.22 bits per heavy atom. The van der Waals surface area contributed by atoms with Gasteiger partial charge in [0.2, 0.25) is 0 Å². The molecule has 1 aromatic carbocycles. The highest BCUT2D eigenvalue weighted by atomic mass is 16.6. The number of nitrogens with one attached hydrogen (secondary N) is 2. The van der Waals surface area contributed by atoms with E-state index < -0.39 is 28.4 Å². The third-order valence-electron chi connectivity index (χ3n) is 3.61. The van der Waals surface area contributed by atoms with Gasteiger partial charge in [0.15, 0.2) is 0 Å². The fourth-order valence-corrected chi connectivity index (χ4v) is 2.50. The van der Waals surface area contributed by atoms with Crippen molar-refractivity contribution >= 4 is 17.6 Å². The minimum atomic E-state index is -1.04. The Morgan fingerprint density at radius 3 is 2.56 bits per heavy atom. The number of hydrogen-bond acceptors (Lipinski definition) is 6. The van der Waals surface area contributed by atoms with Gasteiger partial charge in [0.05, 0.1) is 29.1 Å². The Kier molecular flexibility index (Phi) is 6.42. The van der Waals surface area contributed by atoms with E-state index in [4.69, 9.17) is 4.74 Å². The maximum atomic E-state index is 12.5. The summed E-state index contributed by atoms with van der Waals surface area (Å²) in [6.45, 7) is 3.33.